The minimum atomic E-state index is -3.96. The first-order valence-electron chi connectivity index (χ1n) is 8.84. The molecule has 0 unspecified atom stereocenters. The molecule has 0 fully saturated rings. The zero-order valence-electron chi connectivity index (χ0n) is 17.1. The molecule has 8 nitrogen and oxygen atoms in total. The third-order valence-corrected chi connectivity index (χ3v) is 6.23. The Morgan fingerprint density at radius 2 is 1.76 bits per heavy atom. The Hall–Kier alpha value is -2.91. The Labute approximate surface area is 170 Å². The van der Waals surface area contributed by atoms with E-state index < -0.39 is 15.9 Å². The van der Waals surface area contributed by atoms with E-state index in [0.717, 1.165) is 15.4 Å². The van der Waals surface area contributed by atoms with Crippen molar-refractivity contribution in [3.63, 3.8) is 0 Å². The van der Waals surface area contributed by atoms with Crippen LogP contribution in [0.15, 0.2) is 41.3 Å². The number of benzene rings is 2. The topological polar surface area (TPSA) is 105 Å². The van der Waals surface area contributed by atoms with E-state index in [1.54, 1.807) is 6.07 Å². The summed E-state index contributed by atoms with van der Waals surface area (Å²) in [6, 6.07) is 9.62. The van der Waals surface area contributed by atoms with Crippen molar-refractivity contribution in [2.24, 2.45) is 0 Å². The number of nitrogens with zero attached hydrogens (tertiary/aromatic N) is 1. The Morgan fingerprint density at radius 1 is 1.07 bits per heavy atom. The number of nitrogens with one attached hydrogen (secondary N) is 2. The number of carbonyl (C=O) groups excluding carboxylic acids is 2. The molecule has 2 amide bonds. The van der Waals surface area contributed by atoms with E-state index >= 15 is 0 Å². The van der Waals surface area contributed by atoms with Crippen LogP contribution in [0.4, 0.5) is 11.4 Å². The molecule has 9 heteroatoms. The van der Waals surface area contributed by atoms with Gasteiger partial charge in [-0.15, -0.1) is 0 Å². The van der Waals surface area contributed by atoms with Crippen molar-refractivity contribution >= 4 is 33.2 Å². The lowest BCUT2D eigenvalue weighted by molar-refractivity contribution is -0.116. The summed E-state index contributed by atoms with van der Waals surface area (Å²) in [5.74, 6) is -0.492. The van der Waals surface area contributed by atoms with Gasteiger partial charge in [0.15, 0.2) is 0 Å². The quantitative estimate of drug-likeness (QED) is 0.718. The lowest BCUT2D eigenvalue weighted by atomic mass is 10.1. The molecular formula is C20H25N3O5S. The maximum atomic E-state index is 12.9. The maximum absolute atomic E-state index is 12.9. The first kappa shape index (κ1) is 22.4. The predicted molar refractivity (Wildman–Crippen MR) is 112 cm³/mol. The summed E-state index contributed by atoms with van der Waals surface area (Å²) in [5, 5.41) is 5.27. The van der Waals surface area contributed by atoms with Crippen molar-refractivity contribution in [3.05, 3.63) is 47.5 Å². The van der Waals surface area contributed by atoms with E-state index in [1.165, 1.54) is 39.3 Å². The third kappa shape index (κ3) is 5.33. The van der Waals surface area contributed by atoms with E-state index in [2.05, 4.69) is 10.6 Å². The number of hydrogen-bond donors (Lipinski definition) is 2. The van der Waals surface area contributed by atoms with Crippen LogP contribution >= 0.6 is 0 Å². The minimum Gasteiger partial charge on any atom is -0.495 e. The van der Waals surface area contributed by atoms with Crippen molar-refractivity contribution < 1.29 is 22.7 Å². The lowest BCUT2D eigenvalue weighted by Crippen LogP contribution is -2.35. The number of rotatable bonds is 7. The Kier molecular flexibility index (Phi) is 6.99. The fourth-order valence-corrected chi connectivity index (χ4v) is 3.83. The second-order valence-electron chi connectivity index (χ2n) is 6.60. The predicted octanol–water partition coefficient (Wildman–Crippen LogP) is 2.53. The fraction of sp³-hybridized carbons (Fsp3) is 0.300. The summed E-state index contributed by atoms with van der Waals surface area (Å²) >= 11 is 0. The van der Waals surface area contributed by atoms with Crippen molar-refractivity contribution in [1.29, 1.82) is 0 Å². The second kappa shape index (κ2) is 9.06. The number of likely N-dealkylation sites (N-methyl/N-ethyl adjacent to an activating group) is 1. The van der Waals surface area contributed by atoms with Gasteiger partial charge in [0.2, 0.25) is 21.8 Å². The fourth-order valence-electron chi connectivity index (χ4n) is 2.68. The van der Waals surface area contributed by atoms with Crippen molar-refractivity contribution in [2.45, 2.75) is 25.7 Å². The number of anilines is 2. The second-order valence-corrected chi connectivity index (χ2v) is 8.64. The monoisotopic (exact) mass is 419 g/mol. The van der Waals surface area contributed by atoms with Gasteiger partial charge in [-0.05, 0) is 49.2 Å². The van der Waals surface area contributed by atoms with Crippen LogP contribution in [0, 0.1) is 13.8 Å². The summed E-state index contributed by atoms with van der Waals surface area (Å²) in [5.41, 5.74) is 2.81. The van der Waals surface area contributed by atoms with Crippen molar-refractivity contribution in [3.8, 4) is 5.75 Å². The summed E-state index contributed by atoms with van der Waals surface area (Å²) in [6.45, 7) is 4.76. The highest BCUT2D eigenvalue weighted by atomic mass is 32.2. The maximum Gasteiger partial charge on any atom is 0.243 e. The summed E-state index contributed by atoms with van der Waals surface area (Å²) in [6.07, 6.45) is 0. The number of methoxy groups -OCH3 is 1. The van der Waals surface area contributed by atoms with Gasteiger partial charge in [-0.3, -0.25) is 9.59 Å². The van der Waals surface area contributed by atoms with Gasteiger partial charge in [-0.1, -0.05) is 12.1 Å². The van der Waals surface area contributed by atoms with Crippen LogP contribution in [0.1, 0.15) is 18.1 Å². The van der Waals surface area contributed by atoms with E-state index in [4.69, 9.17) is 4.74 Å². The Balaban J connectivity index is 2.21. The van der Waals surface area contributed by atoms with Gasteiger partial charge >= 0.3 is 0 Å². The molecular weight excluding hydrogens is 394 g/mol. The summed E-state index contributed by atoms with van der Waals surface area (Å²) in [4.78, 5) is 23.7. The number of hydrogen-bond acceptors (Lipinski definition) is 5. The number of ether oxygens (including phenoxy) is 1. The third-order valence-electron chi connectivity index (χ3n) is 4.43. The zero-order chi connectivity index (χ0) is 21.8. The molecule has 2 N–H and O–H groups in total. The SMILES string of the molecule is COc1ccc(S(=O)(=O)N(C)CC(=O)Nc2cccc(C)c2C)cc1NC(C)=O. The number of carbonyl (C=O) groups is 2. The normalized spacial score (nSPS) is 11.2. The summed E-state index contributed by atoms with van der Waals surface area (Å²) < 4.78 is 31.8. The molecule has 0 saturated carbocycles. The van der Waals surface area contributed by atoms with E-state index in [1.807, 2.05) is 26.0 Å². The van der Waals surface area contributed by atoms with Gasteiger partial charge in [0.1, 0.15) is 5.75 Å². The average molecular weight is 420 g/mol. The standard InChI is InChI=1S/C20H25N3O5S/c1-13-7-6-8-17(14(13)2)22-20(25)12-23(4)29(26,27)16-9-10-19(28-5)18(11-16)21-15(3)24/h6-11H,12H2,1-5H3,(H,21,24)(H,22,25). The summed E-state index contributed by atoms with van der Waals surface area (Å²) in [7, 11) is -1.23. The van der Waals surface area contributed by atoms with E-state index in [0.29, 0.717) is 11.4 Å². The van der Waals surface area contributed by atoms with Crippen molar-refractivity contribution in [2.75, 3.05) is 31.3 Å². The molecule has 2 aromatic carbocycles. The number of aryl methyl sites for hydroxylation is 1. The van der Waals surface area contributed by atoms with E-state index in [-0.39, 0.29) is 23.0 Å². The Bertz CT molecular complexity index is 1030. The molecule has 0 bridgehead atoms. The smallest absolute Gasteiger partial charge is 0.243 e. The van der Waals surface area contributed by atoms with Gasteiger partial charge in [-0.2, -0.15) is 4.31 Å². The highest BCUT2D eigenvalue weighted by Gasteiger charge is 2.24. The molecule has 0 heterocycles. The molecule has 2 aromatic rings. The van der Waals surface area contributed by atoms with Crippen LogP contribution < -0.4 is 15.4 Å². The van der Waals surface area contributed by atoms with Crippen LogP contribution in [0.3, 0.4) is 0 Å². The van der Waals surface area contributed by atoms with Gasteiger partial charge < -0.3 is 15.4 Å². The van der Waals surface area contributed by atoms with Crippen molar-refractivity contribution in [1.82, 2.24) is 4.31 Å². The van der Waals surface area contributed by atoms with Gasteiger partial charge in [0.25, 0.3) is 0 Å². The number of sulfonamides is 1. The molecule has 0 spiro atoms. The molecule has 2 rings (SSSR count). The van der Waals surface area contributed by atoms with E-state index in [9.17, 15) is 18.0 Å². The average Bonchev–Trinajstić information content (AvgIpc) is 2.64. The molecule has 156 valence electrons. The highest BCUT2D eigenvalue weighted by Crippen LogP contribution is 2.28. The lowest BCUT2D eigenvalue weighted by Gasteiger charge is -2.19. The van der Waals surface area contributed by atoms with Crippen LogP contribution in [0.2, 0.25) is 0 Å². The largest absolute Gasteiger partial charge is 0.495 e. The van der Waals surface area contributed by atoms with Crippen LogP contribution in [0.5, 0.6) is 5.75 Å². The highest BCUT2D eigenvalue weighted by molar-refractivity contribution is 7.89. The molecule has 29 heavy (non-hydrogen) atoms. The molecule has 0 aromatic heterocycles. The minimum absolute atomic E-state index is 0.0657. The van der Waals surface area contributed by atoms with Crippen LogP contribution in [-0.2, 0) is 19.6 Å². The van der Waals surface area contributed by atoms with Crippen LogP contribution in [0.25, 0.3) is 0 Å². The molecule has 0 saturated heterocycles. The molecule has 0 aliphatic heterocycles. The van der Waals surface area contributed by atoms with Gasteiger partial charge in [0.05, 0.1) is 24.2 Å². The Morgan fingerprint density at radius 3 is 2.38 bits per heavy atom. The van der Waals surface area contributed by atoms with Gasteiger partial charge in [0, 0.05) is 19.7 Å². The first-order chi connectivity index (χ1) is 13.6. The molecule has 0 aliphatic carbocycles. The first-order valence-corrected chi connectivity index (χ1v) is 10.3. The van der Waals surface area contributed by atoms with Crippen LogP contribution in [-0.4, -0.2) is 45.2 Å². The molecule has 0 aliphatic rings. The zero-order valence-corrected chi connectivity index (χ0v) is 17.9. The molecule has 0 radical (unpaired) electrons. The van der Waals surface area contributed by atoms with Gasteiger partial charge in [-0.25, -0.2) is 8.42 Å². The molecule has 0 atom stereocenters. The number of amides is 2.